The zero-order valence-corrected chi connectivity index (χ0v) is 8.47. The molecule has 0 spiro atoms. The zero-order chi connectivity index (χ0) is 9.35. The molecule has 1 aromatic heterocycles. The molecule has 0 aliphatic heterocycles. The lowest BCUT2D eigenvalue weighted by molar-refractivity contribution is 0.544. The molecule has 0 bridgehead atoms. The van der Waals surface area contributed by atoms with Crippen LogP contribution in [0.4, 0.5) is 5.95 Å². The summed E-state index contributed by atoms with van der Waals surface area (Å²) in [4.78, 5) is 4.25. The van der Waals surface area contributed by atoms with Crippen LogP contribution in [0.25, 0.3) is 0 Å². The molecule has 0 aliphatic carbocycles. The van der Waals surface area contributed by atoms with Gasteiger partial charge in [-0.25, -0.2) is 4.98 Å². The standard InChI is InChI=1S/C9H17N3/c1-9(2,3)7-6-11-8(10-4)12(7)5/h6H,1-5H3,(H,10,11). The van der Waals surface area contributed by atoms with Gasteiger partial charge in [0, 0.05) is 25.2 Å². The van der Waals surface area contributed by atoms with E-state index >= 15 is 0 Å². The molecule has 68 valence electrons. The Morgan fingerprint density at radius 1 is 1.42 bits per heavy atom. The van der Waals surface area contributed by atoms with Crippen LogP contribution in [0, 0.1) is 0 Å². The van der Waals surface area contributed by atoms with Gasteiger partial charge in [-0.1, -0.05) is 20.8 Å². The van der Waals surface area contributed by atoms with Crippen molar-refractivity contribution in [3.63, 3.8) is 0 Å². The van der Waals surface area contributed by atoms with Gasteiger partial charge in [-0.3, -0.25) is 0 Å². The van der Waals surface area contributed by atoms with Crippen molar-refractivity contribution in [2.24, 2.45) is 7.05 Å². The number of nitrogens with one attached hydrogen (secondary N) is 1. The van der Waals surface area contributed by atoms with Gasteiger partial charge in [0.05, 0.1) is 6.20 Å². The van der Waals surface area contributed by atoms with Crippen molar-refractivity contribution in [3.05, 3.63) is 11.9 Å². The fourth-order valence-electron chi connectivity index (χ4n) is 1.34. The minimum Gasteiger partial charge on any atom is -0.359 e. The average Bonchev–Trinajstić information content (AvgIpc) is 2.29. The molecule has 0 saturated carbocycles. The van der Waals surface area contributed by atoms with Crippen LogP contribution in [0.3, 0.4) is 0 Å². The van der Waals surface area contributed by atoms with E-state index < -0.39 is 0 Å². The van der Waals surface area contributed by atoms with Crippen LogP contribution < -0.4 is 5.32 Å². The molecule has 0 atom stereocenters. The van der Waals surface area contributed by atoms with Crippen molar-refractivity contribution in [1.82, 2.24) is 9.55 Å². The van der Waals surface area contributed by atoms with Crippen LogP contribution in [0.2, 0.25) is 0 Å². The molecule has 12 heavy (non-hydrogen) atoms. The number of imidazole rings is 1. The topological polar surface area (TPSA) is 29.9 Å². The Hall–Kier alpha value is -0.990. The molecule has 0 radical (unpaired) electrons. The average molecular weight is 167 g/mol. The maximum Gasteiger partial charge on any atom is 0.202 e. The minimum atomic E-state index is 0.164. The number of rotatable bonds is 1. The van der Waals surface area contributed by atoms with Crippen LogP contribution in [0.5, 0.6) is 0 Å². The first-order chi connectivity index (χ1) is 5.46. The van der Waals surface area contributed by atoms with E-state index in [4.69, 9.17) is 0 Å². The van der Waals surface area contributed by atoms with Gasteiger partial charge in [0.2, 0.25) is 5.95 Å². The second kappa shape index (κ2) is 2.81. The zero-order valence-electron chi connectivity index (χ0n) is 8.47. The van der Waals surface area contributed by atoms with E-state index in [1.165, 1.54) is 5.69 Å². The summed E-state index contributed by atoms with van der Waals surface area (Å²) < 4.78 is 2.08. The van der Waals surface area contributed by atoms with E-state index in [-0.39, 0.29) is 5.41 Å². The van der Waals surface area contributed by atoms with E-state index in [9.17, 15) is 0 Å². The Balaban J connectivity index is 3.11. The molecular formula is C9H17N3. The summed E-state index contributed by atoms with van der Waals surface area (Å²) in [5.74, 6) is 0.917. The Labute approximate surface area is 73.8 Å². The molecule has 0 aromatic carbocycles. The third-order valence-electron chi connectivity index (χ3n) is 1.98. The maximum absolute atomic E-state index is 4.25. The summed E-state index contributed by atoms with van der Waals surface area (Å²) in [5.41, 5.74) is 1.41. The minimum absolute atomic E-state index is 0.164. The molecule has 1 N–H and O–H groups in total. The SMILES string of the molecule is CNc1ncc(C(C)(C)C)n1C. The van der Waals surface area contributed by atoms with Crippen LogP contribution in [-0.4, -0.2) is 16.6 Å². The summed E-state index contributed by atoms with van der Waals surface area (Å²) in [6, 6.07) is 0. The van der Waals surface area contributed by atoms with Gasteiger partial charge >= 0.3 is 0 Å². The van der Waals surface area contributed by atoms with Crippen molar-refractivity contribution in [1.29, 1.82) is 0 Å². The van der Waals surface area contributed by atoms with Gasteiger partial charge in [0.25, 0.3) is 0 Å². The predicted molar refractivity (Wildman–Crippen MR) is 51.5 cm³/mol. The van der Waals surface area contributed by atoms with Gasteiger partial charge in [0.1, 0.15) is 0 Å². The lowest BCUT2D eigenvalue weighted by Crippen LogP contribution is -2.16. The number of aromatic nitrogens is 2. The van der Waals surface area contributed by atoms with E-state index in [0.29, 0.717) is 0 Å². The predicted octanol–water partition coefficient (Wildman–Crippen LogP) is 1.76. The first kappa shape index (κ1) is 9.10. The third kappa shape index (κ3) is 1.44. The summed E-state index contributed by atoms with van der Waals surface area (Å²) >= 11 is 0. The van der Waals surface area contributed by atoms with Crippen LogP contribution in [0.15, 0.2) is 6.20 Å². The van der Waals surface area contributed by atoms with Gasteiger partial charge in [-0.15, -0.1) is 0 Å². The van der Waals surface area contributed by atoms with Crippen LogP contribution in [-0.2, 0) is 12.5 Å². The molecule has 0 fully saturated rings. The molecule has 1 heterocycles. The van der Waals surface area contributed by atoms with Crippen LogP contribution in [0.1, 0.15) is 26.5 Å². The third-order valence-corrected chi connectivity index (χ3v) is 1.98. The molecule has 0 saturated heterocycles. The second-order valence-electron chi connectivity index (χ2n) is 4.03. The highest BCUT2D eigenvalue weighted by Crippen LogP contribution is 2.23. The quantitative estimate of drug-likeness (QED) is 0.690. The molecule has 0 aliphatic rings. The molecule has 0 amide bonds. The smallest absolute Gasteiger partial charge is 0.202 e. The van der Waals surface area contributed by atoms with Crippen molar-refractivity contribution in [3.8, 4) is 0 Å². The Kier molecular flexibility index (Phi) is 2.13. The second-order valence-corrected chi connectivity index (χ2v) is 4.03. The normalized spacial score (nSPS) is 11.8. The molecule has 1 aromatic rings. The number of anilines is 1. The van der Waals surface area contributed by atoms with Crippen molar-refractivity contribution >= 4 is 5.95 Å². The summed E-state index contributed by atoms with van der Waals surface area (Å²) in [5, 5.41) is 3.04. The van der Waals surface area contributed by atoms with Gasteiger partial charge in [-0.2, -0.15) is 0 Å². The van der Waals surface area contributed by atoms with Crippen molar-refractivity contribution in [2.75, 3.05) is 12.4 Å². The first-order valence-corrected chi connectivity index (χ1v) is 4.16. The number of nitrogens with zero attached hydrogens (tertiary/aromatic N) is 2. The summed E-state index contributed by atoms with van der Waals surface area (Å²) in [7, 11) is 3.91. The number of hydrogen-bond donors (Lipinski definition) is 1. The lowest BCUT2D eigenvalue weighted by atomic mass is 9.93. The fraction of sp³-hybridized carbons (Fsp3) is 0.667. The fourth-order valence-corrected chi connectivity index (χ4v) is 1.34. The van der Waals surface area contributed by atoms with Gasteiger partial charge in [0.15, 0.2) is 0 Å². The lowest BCUT2D eigenvalue weighted by Gasteiger charge is -2.19. The highest BCUT2D eigenvalue weighted by atomic mass is 15.2. The Morgan fingerprint density at radius 3 is 2.25 bits per heavy atom. The summed E-state index contributed by atoms with van der Waals surface area (Å²) in [6.45, 7) is 6.55. The van der Waals surface area contributed by atoms with Crippen molar-refractivity contribution in [2.45, 2.75) is 26.2 Å². The molecular weight excluding hydrogens is 150 g/mol. The van der Waals surface area contributed by atoms with Crippen LogP contribution >= 0.6 is 0 Å². The molecule has 3 heteroatoms. The highest BCUT2D eigenvalue weighted by Gasteiger charge is 2.18. The van der Waals surface area contributed by atoms with Crippen molar-refractivity contribution < 1.29 is 0 Å². The number of hydrogen-bond acceptors (Lipinski definition) is 2. The first-order valence-electron chi connectivity index (χ1n) is 4.16. The van der Waals surface area contributed by atoms with Gasteiger partial charge < -0.3 is 9.88 Å². The van der Waals surface area contributed by atoms with E-state index in [1.54, 1.807) is 0 Å². The molecule has 1 rings (SSSR count). The Morgan fingerprint density at radius 2 is 2.00 bits per heavy atom. The molecule has 3 nitrogen and oxygen atoms in total. The molecule has 0 unspecified atom stereocenters. The summed E-state index contributed by atoms with van der Waals surface area (Å²) in [6.07, 6.45) is 1.92. The largest absolute Gasteiger partial charge is 0.359 e. The Bertz CT molecular complexity index is 268. The van der Waals surface area contributed by atoms with Gasteiger partial charge in [-0.05, 0) is 0 Å². The van der Waals surface area contributed by atoms with E-state index in [1.807, 2.05) is 20.3 Å². The highest BCUT2D eigenvalue weighted by molar-refractivity contribution is 5.30. The van der Waals surface area contributed by atoms with E-state index in [2.05, 4.69) is 35.6 Å². The monoisotopic (exact) mass is 167 g/mol. The van der Waals surface area contributed by atoms with E-state index in [0.717, 1.165) is 5.95 Å². The maximum atomic E-state index is 4.25.